The quantitative estimate of drug-likeness (QED) is 0.0867. The van der Waals surface area contributed by atoms with Crippen molar-refractivity contribution in [3.05, 3.63) is 149 Å². The summed E-state index contributed by atoms with van der Waals surface area (Å²) in [6, 6.07) is 10.4. The average Bonchev–Trinajstić information content (AvgIpc) is 1.66. The largest absolute Gasteiger partial charge is 0.449 e. The van der Waals surface area contributed by atoms with Gasteiger partial charge >= 0.3 is 6.01 Å². The molecule has 0 radical (unpaired) electrons. The van der Waals surface area contributed by atoms with Crippen LogP contribution in [-0.2, 0) is 64.2 Å². The van der Waals surface area contributed by atoms with Crippen molar-refractivity contribution in [1.29, 1.82) is 0 Å². The predicted molar refractivity (Wildman–Crippen MR) is 558 cm³/mol. The van der Waals surface area contributed by atoms with Gasteiger partial charge in [-0.3, -0.25) is 9.98 Å². The van der Waals surface area contributed by atoms with E-state index in [4.69, 9.17) is 39.8 Å². The molecular formula is C107H179N23O10. The molecule has 0 bridgehead atoms. The summed E-state index contributed by atoms with van der Waals surface area (Å²) in [7, 11) is 3.77. The molecule has 10 aromatic heterocycles. The summed E-state index contributed by atoms with van der Waals surface area (Å²) < 4.78 is 52.5. The van der Waals surface area contributed by atoms with Gasteiger partial charge in [-0.15, -0.1) is 66.3 Å². The first-order valence-corrected chi connectivity index (χ1v) is 49.0. The normalized spacial score (nSPS) is 13.4. The SMILES string of the molecule is CC(C)(C)CC1=NCC=N1.CC(C)(C)Cc1ncco1.CC(C)(C)Cc1nnc(-c2ccccc2)o1.CC(C)(C)Cc1nnc(C2CC2)o1.CC(C)(C)Cc1nnco1.CC(C)c1nnc(CC(C)(C)C)o1.CC1=NC(CC(C)(C)C)=NC1.CN(C)c1nnc(CC(C)(C)C)o1.Cc1coc(CC(C)(C)C)n1.Cc1nnc(CC(C)(C)C)o1.Cc1nnc(CC(C)(C)C)o1.Cc1nonc1CC(C)(C)C. The molecule has 0 unspecified atom stereocenters. The van der Waals surface area contributed by atoms with Crippen LogP contribution in [0.3, 0.4) is 0 Å². The van der Waals surface area contributed by atoms with E-state index >= 15 is 0 Å². The maximum atomic E-state index is 5.62. The van der Waals surface area contributed by atoms with Gasteiger partial charge in [-0.25, -0.2) is 24.6 Å². The second-order valence-corrected chi connectivity index (χ2v) is 51.1. The maximum absolute atomic E-state index is 5.62. The molecule has 1 aromatic carbocycles. The Balaban J connectivity index is 0.000000394. The van der Waals surface area contributed by atoms with Gasteiger partial charge in [0.2, 0.25) is 77.1 Å². The van der Waals surface area contributed by atoms with E-state index in [1.165, 1.54) is 19.2 Å². The van der Waals surface area contributed by atoms with Crippen LogP contribution in [0.5, 0.6) is 0 Å². The first kappa shape index (κ1) is 123. The molecule has 0 atom stereocenters. The zero-order chi connectivity index (χ0) is 106. The Morgan fingerprint density at radius 3 is 1.16 bits per heavy atom. The van der Waals surface area contributed by atoms with Crippen molar-refractivity contribution >= 4 is 29.6 Å². The Kier molecular flexibility index (Phi) is 48.5. The highest BCUT2D eigenvalue weighted by molar-refractivity contribution is 6.03. The lowest BCUT2D eigenvalue weighted by atomic mass is 9.90. The highest BCUT2D eigenvalue weighted by Gasteiger charge is 2.31. The fraction of sp³-hybridized carbons (Fsp3) is 0.701. The number of amidine groups is 2. The van der Waals surface area contributed by atoms with Crippen molar-refractivity contribution in [1.82, 2.24) is 91.7 Å². The molecule has 0 spiro atoms. The smallest absolute Gasteiger partial charge is 0.317 e. The van der Waals surface area contributed by atoms with E-state index in [0.717, 1.165) is 177 Å². The highest BCUT2D eigenvalue weighted by atomic mass is 16.6. The number of aromatic nitrogens is 18. The molecule has 14 rings (SSSR count). The van der Waals surface area contributed by atoms with Gasteiger partial charge in [0.25, 0.3) is 0 Å². The van der Waals surface area contributed by atoms with E-state index in [1.807, 2.05) is 85.3 Å². The fourth-order valence-electron chi connectivity index (χ4n) is 11.8. The first-order chi connectivity index (χ1) is 64.0. The van der Waals surface area contributed by atoms with Crippen molar-refractivity contribution < 1.29 is 44.4 Å². The van der Waals surface area contributed by atoms with Gasteiger partial charge in [-0.05, 0) is 117 Å². The minimum absolute atomic E-state index is 0.167. The molecular weight excluding hydrogens is 1770 g/mol. The number of rotatable bonds is 16. The molecule has 3 aliphatic rings. The third kappa shape index (κ3) is 63.1. The highest BCUT2D eigenvalue weighted by Crippen LogP contribution is 2.40. The maximum Gasteiger partial charge on any atom is 0.317 e. The molecule has 1 fully saturated rings. The number of benzene rings is 1. The zero-order valence-electron chi connectivity index (χ0n) is 94.6. The molecule has 0 saturated heterocycles. The zero-order valence-corrected chi connectivity index (χ0v) is 94.6. The number of oxazole rings is 2. The summed E-state index contributed by atoms with van der Waals surface area (Å²) in [6.07, 6.45) is 21.2. The number of nitrogens with zero attached hydrogens (tertiary/aromatic N) is 23. The van der Waals surface area contributed by atoms with Crippen molar-refractivity contribution in [2.45, 2.75) is 399 Å². The molecule has 12 heterocycles. The first-order valence-electron chi connectivity index (χ1n) is 49.0. The third-order valence-electron chi connectivity index (χ3n) is 17.8. The molecule has 11 aromatic rings. The Bertz CT molecular complexity index is 5020. The Labute approximate surface area is 838 Å². The van der Waals surface area contributed by atoms with Crippen molar-refractivity contribution in [2.24, 2.45) is 84.9 Å². The Hall–Kier alpha value is -10.8. The second-order valence-electron chi connectivity index (χ2n) is 51.1. The van der Waals surface area contributed by atoms with E-state index in [0.29, 0.717) is 64.0 Å². The summed E-state index contributed by atoms with van der Waals surface area (Å²) in [5.74, 6) is 13.2. The van der Waals surface area contributed by atoms with Crippen LogP contribution in [0, 0.1) is 92.7 Å². The van der Waals surface area contributed by atoms with Crippen molar-refractivity contribution in [3.63, 3.8) is 0 Å². The summed E-state index contributed by atoms with van der Waals surface area (Å²) in [6.45, 7) is 93.1. The number of anilines is 1. The molecule has 782 valence electrons. The van der Waals surface area contributed by atoms with Gasteiger partial charge in [0.05, 0.1) is 25.0 Å². The lowest BCUT2D eigenvalue weighted by molar-refractivity contribution is 0.295. The van der Waals surface area contributed by atoms with Crippen LogP contribution in [0.1, 0.15) is 401 Å². The molecule has 1 saturated carbocycles. The van der Waals surface area contributed by atoms with Crippen LogP contribution < -0.4 is 4.90 Å². The van der Waals surface area contributed by atoms with E-state index in [1.54, 1.807) is 37.5 Å². The van der Waals surface area contributed by atoms with Gasteiger partial charge in [-0.1, -0.05) is 297 Å². The third-order valence-corrected chi connectivity index (χ3v) is 17.8. The van der Waals surface area contributed by atoms with Crippen LogP contribution in [0.25, 0.3) is 11.5 Å². The summed E-state index contributed by atoms with van der Waals surface area (Å²) in [5, 5.41) is 62.3. The standard InChI is InChI=1S/C13H16N2O.C10H16N2O.C10H18N2O.C9H17N3O.C9H16N2.C9H15NO.3C8H14N2O.C8H14N2.C8H13NO.C7H12N2O/c1-13(2,3)9-11-14-15-12(16-11)10-7-5-4-6-8-10;1-10(2,3)6-8-11-12-9(13-8)7-4-5-7;1-7(2)9-12-11-8(13-9)6-10(3,4)5;1-9(2,3)6-7-10-11-8(13-7)12(4)5;1-7-6-10-8(11-7)5-9(2,3)4;1-7-6-11-8(10-7)5-9(2,3)4;2*1-6-9-10-7(11-6)5-8(2,3)4;1-6-7(10-11-9-6)5-8(2,3)4;2*1-8(2,3)6-7-9-4-5-10-7;1-7(2,3)4-6-9-8-5-10-6/h4-8H,9H2,1-3H3;7H,4-6H2,1-3H3;7H,6H2,1-5H3;6H2,1-5H3;5-6H2,1-4H3;6H,5H2,1-4H3;3*5H2,1-4H3;4H,5-6H2,1-3H3;4-5H,6H2,1-3H3;5H,4H2,1-3H3. The lowest BCUT2D eigenvalue weighted by Gasteiger charge is -2.15. The van der Waals surface area contributed by atoms with Gasteiger partial charge in [0, 0.05) is 128 Å². The second kappa shape index (κ2) is 55.0. The Morgan fingerprint density at radius 1 is 0.379 bits per heavy atom. The van der Waals surface area contributed by atoms with Crippen LogP contribution >= 0.6 is 0 Å². The number of aliphatic imine (C=N–C) groups is 4. The molecule has 33 nitrogen and oxygen atoms in total. The van der Waals surface area contributed by atoms with Crippen molar-refractivity contribution in [3.8, 4) is 11.5 Å². The van der Waals surface area contributed by atoms with E-state index in [-0.39, 0.29) is 54.1 Å². The predicted octanol–water partition coefficient (Wildman–Crippen LogP) is 27.0. The minimum Gasteiger partial charge on any atom is -0.449 e. The topological polar surface area (TPSA) is 416 Å². The van der Waals surface area contributed by atoms with Crippen molar-refractivity contribution in [2.75, 3.05) is 32.1 Å². The number of hydrogen-bond donors (Lipinski definition) is 0. The summed E-state index contributed by atoms with van der Waals surface area (Å²) >= 11 is 0. The van der Waals surface area contributed by atoms with Crippen LogP contribution in [0.2, 0.25) is 0 Å². The number of aryl methyl sites for hydroxylation is 4. The minimum atomic E-state index is 0.167. The van der Waals surface area contributed by atoms with Crippen LogP contribution in [0.15, 0.2) is 120 Å². The molecule has 0 N–H and O–H groups in total. The fourth-order valence-corrected chi connectivity index (χ4v) is 11.8. The van der Waals surface area contributed by atoms with Gasteiger partial charge < -0.3 is 44.7 Å². The summed E-state index contributed by atoms with van der Waals surface area (Å²) in [4.78, 5) is 27.1. The van der Waals surface area contributed by atoms with Gasteiger partial charge in [-0.2, -0.15) is 0 Å². The average molecular weight is 1950 g/mol. The molecule has 140 heavy (non-hydrogen) atoms. The summed E-state index contributed by atoms with van der Waals surface area (Å²) in [5.41, 5.74) is 7.83. The number of hydrogen-bond acceptors (Lipinski definition) is 33. The molecule has 2 aliphatic heterocycles. The molecule has 1 aliphatic carbocycles. The van der Waals surface area contributed by atoms with E-state index in [2.05, 4.69) is 366 Å². The Morgan fingerprint density at radius 2 is 0.800 bits per heavy atom. The molecule has 33 heteroatoms. The molecule has 0 amide bonds. The lowest BCUT2D eigenvalue weighted by Crippen LogP contribution is -2.10. The van der Waals surface area contributed by atoms with E-state index < -0.39 is 0 Å². The van der Waals surface area contributed by atoms with Gasteiger partial charge in [0.1, 0.15) is 35.6 Å². The van der Waals surface area contributed by atoms with E-state index in [9.17, 15) is 0 Å². The van der Waals surface area contributed by atoms with Crippen LogP contribution in [0.4, 0.5) is 6.01 Å². The monoisotopic (exact) mass is 1950 g/mol. The van der Waals surface area contributed by atoms with Gasteiger partial charge in [0.15, 0.2) is 11.8 Å². The van der Waals surface area contributed by atoms with Crippen LogP contribution in [-0.4, -0.2) is 142 Å².